The van der Waals surface area contributed by atoms with E-state index in [2.05, 4.69) is 0 Å². The van der Waals surface area contributed by atoms with Crippen LogP contribution < -0.4 is 10.5 Å². The van der Waals surface area contributed by atoms with Gasteiger partial charge in [-0.3, -0.25) is 4.79 Å². The van der Waals surface area contributed by atoms with Crippen molar-refractivity contribution >= 4 is 17.5 Å². The van der Waals surface area contributed by atoms with Crippen LogP contribution in [0.5, 0.6) is 5.75 Å². The monoisotopic (exact) mass is 197 g/mol. The summed E-state index contributed by atoms with van der Waals surface area (Å²) in [4.78, 5) is 11.0. The number of amides is 1. The van der Waals surface area contributed by atoms with Crippen molar-refractivity contribution in [1.29, 1.82) is 0 Å². The Bertz CT molecular complexity index is 376. The number of primary amides is 1. The summed E-state index contributed by atoms with van der Waals surface area (Å²) in [5.74, 6) is 0.0950. The molecular weight excluding hydrogens is 190 g/mol. The summed E-state index contributed by atoms with van der Waals surface area (Å²) in [6.07, 6.45) is 0.788. The number of hydrogen-bond acceptors (Lipinski definition) is 2. The van der Waals surface area contributed by atoms with Gasteiger partial charge in [0.15, 0.2) is 0 Å². The maximum atomic E-state index is 11.0. The Morgan fingerprint density at radius 2 is 2.31 bits per heavy atom. The molecule has 1 aliphatic heterocycles. The summed E-state index contributed by atoms with van der Waals surface area (Å²) < 4.78 is 5.29. The molecule has 1 aromatic rings. The van der Waals surface area contributed by atoms with Gasteiger partial charge in [-0.2, -0.15) is 0 Å². The first kappa shape index (κ1) is 8.38. The zero-order valence-electron chi connectivity index (χ0n) is 6.84. The molecule has 0 aromatic heterocycles. The largest absolute Gasteiger partial charge is 0.492 e. The summed E-state index contributed by atoms with van der Waals surface area (Å²) >= 11 is 5.81. The molecule has 2 rings (SSSR count). The second kappa shape index (κ2) is 2.92. The number of halogens is 1. The van der Waals surface area contributed by atoms with Crippen LogP contribution in [0.2, 0.25) is 5.02 Å². The minimum atomic E-state index is -0.499. The molecule has 13 heavy (non-hydrogen) atoms. The quantitative estimate of drug-likeness (QED) is 0.740. The predicted octanol–water partition coefficient (Wildman–Crippen LogP) is 1.37. The van der Waals surface area contributed by atoms with Crippen LogP contribution in [-0.2, 0) is 6.42 Å². The Morgan fingerprint density at radius 3 is 3.00 bits per heavy atom. The highest BCUT2D eigenvalue weighted by Crippen LogP contribution is 2.32. The highest BCUT2D eigenvalue weighted by Gasteiger charge is 2.20. The van der Waals surface area contributed by atoms with E-state index < -0.39 is 5.91 Å². The summed E-state index contributed by atoms with van der Waals surface area (Å²) in [6.45, 7) is 0.593. The molecule has 1 aliphatic rings. The first-order valence-corrected chi connectivity index (χ1v) is 4.31. The van der Waals surface area contributed by atoms with Crippen LogP contribution in [0.4, 0.5) is 0 Å². The topological polar surface area (TPSA) is 52.3 Å². The van der Waals surface area contributed by atoms with E-state index in [1.54, 1.807) is 6.07 Å². The second-order valence-corrected chi connectivity index (χ2v) is 3.34. The number of nitrogens with two attached hydrogens (primary N) is 1. The molecule has 0 bridgehead atoms. The van der Waals surface area contributed by atoms with Gasteiger partial charge < -0.3 is 10.5 Å². The maximum Gasteiger partial charge on any atom is 0.252 e. The minimum Gasteiger partial charge on any atom is -0.492 e. The fourth-order valence-electron chi connectivity index (χ4n) is 1.45. The molecule has 0 spiro atoms. The minimum absolute atomic E-state index is 0.375. The van der Waals surface area contributed by atoms with Gasteiger partial charge in [-0.25, -0.2) is 0 Å². The van der Waals surface area contributed by atoms with E-state index >= 15 is 0 Å². The highest BCUT2D eigenvalue weighted by atomic mass is 35.5. The molecule has 1 amide bonds. The molecule has 0 aliphatic carbocycles. The van der Waals surface area contributed by atoms with Crippen molar-refractivity contribution in [3.63, 3.8) is 0 Å². The lowest BCUT2D eigenvalue weighted by Crippen LogP contribution is -2.12. The van der Waals surface area contributed by atoms with Crippen LogP contribution in [-0.4, -0.2) is 12.5 Å². The van der Waals surface area contributed by atoms with Gasteiger partial charge in [-0.05, 0) is 17.7 Å². The van der Waals surface area contributed by atoms with Crippen LogP contribution >= 0.6 is 11.6 Å². The van der Waals surface area contributed by atoms with Crippen molar-refractivity contribution in [1.82, 2.24) is 0 Å². The molecule has 0 radical (unpaired) electrons. The molecule has 0 saturated carbocycles. The van der Waals surface area contributed by atoms with Crippen molar-refractivity contribution in [2.24, 2.45) is 5.73 Å². The van der Waals surface area contributed by atoms with Gasteiger partial charge in [0.2, 0.25) is 0 Å². The maximum absolute atomic E-state index is 11.0. The summed E-state index contributed by atoms with van der Waals surface area (Å²) in [7, 11) is 0. The number of carbonyl (C=O) groups excluding carboxylic acids is 1. The van der Waals surface area contributed by atoms with Crippen LogP contribution in [0.15, 0.2) is 12.1 Å². The third-order valence-electron chi connectivity index (χ3n) is 2.01. The number of ether oxygens (including phenoxy) is 1. The van der Waals surface area contributed by atoms with E-state index in [-0.39, 0.29) is 0 Å². The van der Waals surface area contributed by atoms with E-state index in [0.717, 1.165) is 12.0 Å². The van der Waals surface area contributed by atoms with Crippen molar-refractivity contribution in [2.75, 3.05) is 6.61 Å². The van der Waals surface area contributed by atoms with E-state index in [1.807, 2.05) is 0 Å². The predicted molar refractivity (Wildman–Crippen MR) is 49.2 cm³/mol. The van der Waals surface area contributed by atoms with Crippen molar-refractivity contribution in [3.05, 3.63) is 28.3 Å². The van der Waals surface area contributed by atoms with Gasteiger partial charge in [-0.15, -0.1) is 0 Å². The Morgan fingerprint density at radius 1 is 1.54 bits per heavy atom. The number of benzene rings is 1. The van der Waals surface area contributed by atoms with E-state index in [9.17, 15) is 4.79 Å². The van der Waals surface area contributed by atoms with Gasteiger partial charge in [0, 0.05) is 11.4 Å². The van der Waals surface area contributed by atoms with Gasteiger partial charge >= 0.3 is 0 Å². The van der Waals surface area contributed by atoms with Crippen molar-refractivity contribution in [3.8, 4) is 5.75 Å². The summed E-state index contributed by atoms with van der Waals surface area (Å²) in [6, 6.07) is 3.34. The molecule has 4 heteroatoms. The molecule has 0 unspecified atom stereocenters. The Labute approximate surface area is 80.4 Å². The second-order valence-electron chi connectivity index (χ2n) is 2.90. The number of carbonyl (C=O) groups is 1. The van der Waals surface area contributed by atoms with Crippen molar-refractivity contribution in [2.45, 2.75) is 6.42 Å². The normalized spacial score (nSPS) is 13.6. The van der Waals surface area contributed by atoms with E-state index in [4.69, 9.17) is 22.1 Å². The standard InChI is InChI=1S/C9H8ClNO2/c10-6-3-5-1-2-13-8(5)7(4-6)9(11)12/h3-4H,1-2H2,(H2,11,12). The molecule has 2 N–H and O–H groups in total. The number of rotatable bonds is 1. The summed E-state index contributed by atoms with van der Waals surface area (Å²) in [5.41, 5.74) is 6.51. The average Bonchev–Trinajstić information content (AvgIpc) is 2.49. The Hall–Kier alpha value is -1.22. The highest BCUT2D eigenvalue weighted by molar-refractivity contribution is 6.31. The molecule has 3 nitrogen and oxygen atoms in total. The molecule has 0 atom stereocenters. The zero-order chi connectivity index (χ0) is 9.42. The van der Waals surface area contributed by atoms with E-state index in [0.29, 0.717) is 22.9 Å². The Balaban J connectivity index is 2.62. The molecule has 0 saturated heterocycles. The van der Waals surface area contributed by atoms with Crippen molar-refractivity contribution < 1.29 is 9.53 Å². The van der Waals surface area contributed by atoms with Crippen LogP contribution in [0.1, 0.15) is 15.9 Å². The number of fused-ring (bicyclic) bond motifs is 1. The van der Waals surface area contributed by atoms with Gasteiger partial charge in [0.05, 0.1) is 12.2 Å². The van der Waals surface area contributed by atoms with Crippen LogP contribution in [0.3, 0.4) is 0 Å². The fraction of sp³-hybridized carbons (Fsp3) is 0.222. The lowest BCUT2D eigenvalue weighted by molar-refractivity contribution is 0.0997. The molecular formula is C9H8ClNO2. The first-order valence-electron chi connectivity index (χ1n) is 3.93. The van der Waals surface area contributed by atoms with Crippen LogP contribution in [0.25, 0.3) is 0 Å². The van der Waals surface area contributed by atoms with Gasteiger partial charge in [-0.1, -0.05) is 11.6 Å². The molecule has 1 aromatic carbocycles. The molecule has 1 heterocycles. The molecule has 0 fully saturated rings. The smallest absolute Gasteiger partial charge is 0.252 e. The molecule has 68 valence electrons. The Kier molecular flexibility index (Phi) is 1.88. The lowest BCUT2D eigenvalue weighted by atomic mass is 10.1. The van der Waals surface area contributed by atoms with Gasteiger partial charge in [0.1, 0.15) is 5.75 Å². The third kappa shape index (κ3) is 1.35. The third-order valence-corrected chi connectivity index (χ3v) is 2.23. The number of hydrogen-bond donors (Lipinski definition) is 1. The average molecular weight is 198 g/mol. The fourth-order valence-corrected chi connectivity index (χ4v) is 1.69. The first-order chi connectivity index (χ1) is 6.18. The lowest BCUT2D eigenvalue weighted by Gasteiger charge is -2.04. The van der Waals surface area contributed by atoms with E-state index in [1.165, 1.54) is 6.07 Å². The SMILES string of the molecule is NC(=O)c1cc(Cl)cc2c1OCC2. The summed E-state index contributed by atoms with van der Waals surface area (Å²) in [5, 5.41) is 0.526. The van der Waals surface area contributed by atoms with Gasteiger partial charge in [0.25, 0.3) is 5.91 Å². The zero-order valence-corrected chi connectivity index (χ0v) is 7.60. The van der Waals surface area contributed by atoms with Crippen LogP contribution in [0, 0.1) is 0 Å².